The molecule has 0 spiro atoms. The number of benzene rings is 3. The monoisotopic (exact) mass is 1150 g/mol. The topological polar surface area (TPSA) is 212 Å². The van der Waals surface area contributed by atoms with Crippen molar-refractivity contribution in [1.82, 2.24) is 0 Å². The fraction of sp³-hybridized carbons (Fsp3) is 0.636. The van der Waals surface area contributed by atoms with Gasteiger partial charge in [-0.3, -0.25) is 14.4 Å². The highest BCUT2D eigenvalue weighted by Crippen LogP contribution is 2.38. The first-order valence-electron chi connectivity index (χ1n) is 28.7. The van der Waals surface area contributed by atoms with Crippen molar-refractivity contribution in [2.45, 2.75) is 269 Å². The Morgan fingerprint density at radius 2 is 0.683 bits per heavy atom. The molecule has 0 aliphatic rings. The van der Waals surface area contributed by atoms with Crippen molar-refractivity contribution in [3.05, 3.63) is 86.5 Å². The predicted octanol–water partition coefficient (Wildman–Crippen LogP) is 14.8. The smallest absolute Gasteiger partial charge is 0.463 e. The van der Waals surface area contributed by atoms with Gasteiger partial charge >= 0.3 is 36.4 Å². The molecule has 0 aromatic heterocycles. The molecule has 0 aliphatic heterocycles. The second-order valence-electron chi connectivity index (χ2n) is 27.9. The van der Waals surface area contributed by atoms with Crippen LogP contribution in [-0.4, -0.2) is 77.5 Å². The average molecular weight is 1150 g/mol. The van der Waals surface area contributed by atoms with Crippen LogP contribution in [0.1, 0.15) is 221 Å². The fourth-order valence-electron chi connectivity index (χ4n) is 9.21. The Balaban J connectivity index is 1.87. The molecular weight excluding hydrogens is 1050 g/mol. The summed E-state index contributed by atoms with van der Waals surface area (Å²) in [5.41, 5.74) is 10.9. The van der Waals surface area contributed by atoms with Crippen LogP contribution in [0, 0.1) is 26.7 Å². The summed E-state index contributed by atoms with van der Waals surface area (Å²) in [6.45, 7) is 44.7. The summed E-state index contributed by atoms with van der Waals surface area (Å²) < 4.78 is 51.6. The van der Waals surface area contributed by atoms with Gasteiger partial charge in [-0.2, -0.15) is 0 Å². The Morgan fingerprint density at radius 3 is 0.951 bits per heavy atom. The lowest BCUT2D eigenvalue weighted by atomic mass is 9.83. The third-order valence-corrected chi connectivity index (χ3v) is 13.5. The van der Waals surface area contributed by atoms with Crippen LogP contribution in [0.25, 0.3) is 0 Å². The number of aryl methyl sites for hydroxylation is 6. The van der Waals surface area contributed by atoms with Gasteiger partial charge in [0.25, 0.3) is 0 Å². The molecule has 16 nitrogen and oxygen atoms in total. The van der Waals surface area contributed by atoms with Gasteiger partial charge in [-0.05, 0) is 197 Å². The minimum atomic E-state index is -0.875. The highest BCUT2D eigenvalue weighted by atomic mass is 16.7. The van der Waals surface area contributed by atoms with Crippen molar-refractivity contribution < 1.29 is 71.4 Å². The maximum atomic E-state index is 13.8. The molecule has 0 saturated carbocycles. The van der Waals surface area contributed by atoms with E-state index < -0.39 is 99.7 Å². The number of carbonyl (C=O) groups is 6. The van der Waals surface area contributed by atoms with Crippen LogP contribution in [0.3, 0.4) is 0 Å². The van der Waals surface area contributed by atoms with Crippen LogP contribution in [0.4, 0.5) is 14.4 Å². The van der Waals surface area contributed by atoms with E-state index in [2.05, 4.69) is 0 Å². The molecule has 3 rings (SSSR count). The number of ether oxygens (including phenoxy) is 9. The summed E-state index contributed by atoms with van der Waals surface area (Å²) in [5.74, 6) is -0.987. The largest absolute Gasteiger partial charge is 0.514 e. The van der Waals surface area contributed by atoms with Gasteiger partial charge in [0.2, 0.25) is 0 Å². The van der Waals surface area contributed by atoms with E-state index in [4.69, 9.17) is 48.4 Å². The van der Waals surface area contributed by atoms with Gasteiger partial charge in [-0.15, -0.1) is 0 Å². The first-order valence-corrected chi connectivity index (χ1v) is 28.7. The molecular formula is C66H99NO15. The van der Waals surface area contributed by atoms with E-state index in [1.54, 1.807) is 101 Å². The third-order valence-electron chi connectivity index (χ3n) is 13.5. The molecule has 0 heterocycles. The summed E-state index contributed by atoms with van der Waals surface area (Å²) in [7, 11) is 0. The lowest BCUT2D eigenvalue weighted by Gasteiger charge is -2.34. The van der Waals surface area contributed by atoms with E-state index in [0.29, 0.717) is 36.5 Å². The molecule has 0 saturated heterocycles. The number of esters is 3. The zero-order valence-electron chi connectivity index (χ0n) is 54.0. The summed E-state index contributed by atoms with van der Waals surface area (Å²) in [5, 5.41) is 0. The fourth-order valence-corrected chi connectivity index (χ4v) is 9.21. The van der Waals surface area contributed by atoms with Crippen molar-refractivity contribution >= 4 is 36.4 Å². The van der Waals surface area contributed by atoms with E-state index in [-0.39, 0.29) is 25.7 Å². The van der Waals surface area contributed by atoms with Crippen LogP contribution < -0.4 is 19.9 Å². The predicted molar refractivity (Wildman–Crippen MR) is 318 cm³/mol. The van der Waals surface area contributed by atoms with Crippen LogP contribution in [0.2, 0.25) is 0 Å². The SMILES string of the molecule is Cc1cc(OC(=O)OC(C)(C)C)c(C(C)(C)C)cc1CCC(=O)OC(C)CC(C(C)OC(=O)CCc1cc(C(C)(C)C)c(OC(=O)OC(C)(C)C)cc1C)C(N)C(C)OC(=O)CCc1cc(C(C)(C)C)c(OC(=O)OC(C)(C)C)cc1C. The average Bonchev–Trinajstić information content (AvgIpc) is 3.36. The molecule has 82 heavy (non-hydrogen) atoms. The number of nitrogens with two attached hydrogens (primary N) is 1. The highest BCUT2D eigenvalue weighted by Gasteiger charge is 2.36. The van der Waals surface area contributed by atoms with Gasteiger partial charge in [-0.1, -0.05) is 80.5 Å². The van der Waals surface area contributed by atoms with E-state index in [9.17, 15) is 28.8 Å². The number of carbonyl (C=O) groups excluding carboxylic acids is 6. The molecule has 3 aromatic carbocycles. The first-order chi connectivity index (χ1) is 37.2. The van der Waals surface area contributed by atoms with Crippen molar-refractivity contribution in [2.24, 2.45) is 11.7 Å². The van der Waals surface area contributed by atoms with Crippen molar-refractivity contribution in [2.75, 3.05) is 0 Å². The molecule has 0 amide bonds. The molecule has 16 heteroatoms. The number of rotatable bonds is 20. The highest BCUT2D eigenvalue weighted by molar-refractivity contribution is 5.72. The normalized spacial score (nSPS) is 14.3. The van der Waals surface area contributed by atoms with Crippen molar-refractivity contribution in [3.8, 4) is 17.2 Å². The molecule has 3 aromatic rings. The minimum Gasteiger partial charge on any atom is -0.463 e. The van der Waals surface area contributed by atoms with Gasteiger partial charge in [0.05, 0.1) is 6.10 Å². The maximum Gasteiger partial charge on any atom is 0.514 e. The lowest BCUT2D eigenvalue weighted by molar-refractivity contribution is -0.159. The second kappa shape index (κ2) is 27.9. The number of hydrogen-bond acceptors (Lipinski definition) is 16. The van der Waals surface area contributed by atoms with Gasteiger partial charge in [0, 0.05) is 47.9 Å². The van der Waals surface area contributed by atoms with E-state index in [1.807, 2.05) is 101 Å². The van der Waals surface area contributed by atoms with Crippen LogP contribution in [-0.2, 0) is 78.3 Å². The van der Waals surface area contributed by atoms with E-state index in [1.165, 1.54) is 0 Å². The molecule has 0 bridgehead atoms. The quantitative estimate of drug-likeness (QED) is 0.0633. The number of hydrogen-bond donors (Lipinski definition) is 1. The molecule has 0 aliphatic carbocycles. The minimum absolute atomic E-state index is 0.00692. The molecule has 0 radical (unpaired) electrons. The van der Waals surface area contributed by atoms with Crippen LogP contribution in [0.5, 0.6) is 17.2 Å². The third kappa shape index (κ3) is 23.2. The molecule has 5 atom stereocenters. The Labute approximate surface area is 489 Å². The molecule has 5 unspecified atom stereocenters. The molecule has 458 valence electrons. The summed E-state index contributed by atoms with van der Waals surface area (Å²) in [6, 6.07) is 10.3. The van der Waals surface area contributed by atoms with E-state index in [0.717, 1.165) is 50.1 Å². The molecule has 0 fully saturated rings. The molecule has 2 N–H and O–H groups in total. The van der Waals surface area contributed by atoms with Crippen molar-refractivity contribution in [3.63, 3.8) is 0 Å². The van der Waals surface area contributed by atoms with Gasteiger partial charge in [0.15, 0.2) is 0 Å². The maximum absolute atomic E-state index is 13.8. The Morgan fingerprint density at radius 1 is 0.415 bits per heavy atom. The van der Waals surface area contributed by atoms with Crippen LogP contribution >= 0.6 is 0 Å². The summed E-state index contributed by atoms with van der Waals surface area (Å²) in [6.07, 6.45) is -3.62. The second-order valence-corrected chi connectivity index (χ2v) is 27.9. The summed E-state index contributed by atoms with van der Waals surface area (Å²) >= 11 is 0. The Hall–Kier alpha value is -6.16. The zero-order valence-corrected chi connectivity index (χ0v) is 54.0. The Bertz CT molecular complexity index is 2730. The van der Waals surface area contributed by atoms with Crippen molar-refractivity contribution in [1.29, 1.82) is 0 Å². The van der Waals surface area contributed by atoms with Gasteiger partial charge in [-0.25, -0.2) is 14.4 Å². The summed E-state index contributed by atoms with van der Waals surface area (Å²) in [4.78, 5) is 79.3. The van der Waals surface area contributed by atoms with Crippen LogP contribution in [0.15, 0.2) is 36.4 Å². The van der Waals surface area contributed by atoms with Gasteiger partial charge < -0.3 is 48.4 Å². The standard InChI is InChI=1S/C66H99NO15/c1-38-31-51(77-58(71)80-64(16,17)18)48(61(7,8)9)35-44(38)25-28-54(68)74-41(4)34-47(42(5)75-55(69)29-26-45-36-49(62(10,11)12)52(32-39(45)2)78-59(72)81-65(19,20)21)57(67)43(6)76-56(70)30-27-46-37-50(63(13,14)15)53(33-40(46)3)79-60(73)82-66(22,23)24/h31-33,35-37,41-43,47,57H,25-30,34,67H2,1-24H3. The van der Waals surface area contributed by atoms with Gasteiger partial charge in [0.1, 0.15) is 46.3 Å². The lowest BCUT2D eigenvalue weighted by Crippen LogP contribution is -2.48. The Kier molecular flexibility index (Phi) is 23.9. The first kappa shape index (κ1) is 70.1. The van der Waals surface area contributed by atoms with E-state index >= 15 is 0 Å². The zero-order chi connectivity index (χ0) is 62.8.